The standard InChI is InChI=1S/C60H48O24/c61-23-13-34(71)42-40(14-23)83-60(22-4-8-28(65)33(70)12-22)59(79)50(42)47-41(84-60)18-38(75)46-49(52(78)55(82-58(46)47)21-3-7-27(64)32(69)11-21)45-37(74)17-36(73)44-48(51(77)54(81-57(44)45)20-2-6-26(63)31(68)10-20)43-35(72)16-29(66)24-15-39(76)53(80-56(24)43)19-1-5-25(62)30(67)9-19/h1-14,16-18,39,48-55,59,61-79H,15H2/t39-,48-,49-,50+,51+,52+,53-,54+,55+,59-,60-/m1/s1. The number of hydrogen-bond donors (Lipinski definition) is 19. The van der Waals surface area contributed by atoms with Crippen molar-refractivity contribution in [3.63, 3.8) is 0 Å². The molecule has 0 radical (unpaired) electrons. The summed E-state index contributed by atoms with van der Waals surface area (Å²) in [5.74, 6) is -20.1. The zero-order chi connectivity index (χ0) is 59.4. The van der Waals surface area contributed by atoms with E-state index in [4.69, 9.17) is 23.7 Å². The molecular weight excluding hydrogens is 1100 g/mol. The number of phenols is 15. The molecule has 0 aliphatic carbocycles. The predicted octanol–water partition coefficient (Wildman–Crippen LogP) is 5.69. The number of ether oxygens (including phenoxy) is 5. The van der Waals surface area contributed by atoms with E-state index in [0.29, 0.717) is 0 Å². The van der Waals surface area contributed by atoms with E-state index < -0.39 is 193 Å². The molecule has 13 rings (SSSR count). The summed E-state index contributed by atoms with van der Waals surface area (Å²) in [6.45, 7) is 0. The fourth-order valence-electron chi connectivity index (χ4n) is 12.6. The van der Waals surface area contributed by atoms with Gasteiger partial charge in [-0.05, 0) is 71.3 Å². The van der Waals surface area contributed by atoms with Gasteiger partial charge in [0.15, 0.2) is 58.2 Å². The molecule has 0 fully saturated rings. The van der Waals surface area contributed by atoms with Gasteiger partial charge in [0.05, 0.1) is 23.9 Å². The first-order valence-corrected chi connectivity index (χ1v) is 25.8. The lowest BCUT2D eigenvalue weighted by molar-refractivity contribution is -0.219. The number of hydrogen-bond acceptors (Lipinski definition) is 24. The smallest absolute Gasteiger partial charge is 0.305 e. The van der Waals surface area contributed by atoms with Crippen molar-refractivity contribution >= 4 is 0 Å². The third-order valence-corrected chi connectivity index (χ3v) is 16.4. The minimum atomic E-state index is -2.44. The molecule has 0 aromatic heterocycles. The second kappa shape index (κ2) is 18.6. The monoisotopic (exact) mass is 1150 g/mol. The average Bonchev–Trinajstić information content (AvgIpc) is 0.881. The third-order valence-electron chi connectivity index (χ3n) is 16.4. The largest absolute Gasteiger partial charge is 0.508 e. The van der Waals surface area contributed by atoms with Crippen molar-refractivity contribution in [3.8, 4) is 115 Å². The second-order valence-corrected chi connectivity index (χ2v) is 21.2. The number of rotatable bonds is 6. The molecule has 0 spiro atoms. The predicted molar refractivity (Wildman–Crippen MR) is 283 cm³/mol. The molecule has 0 saturated carbocycles. The van der Waals surface area contributed by atoms with Crippen molar-refractivity contribution in [3.05, 3.63) is 164 Å². The van der Waals surface area contributed by atoms with Crippen LogP contribution in [0, 0.1) is 0 Å². The van der Waals surface area contributed by atoms with Gasteiger partial charge < -0.3 is 121 Å². The molecular formula is C60H48O24. The summed E-state index contributed by atoms with van der Waals surface area (Å²) in [7, 11) is 0. The van der Waals surface area contributed by atoms with Crippen LogP contribution in [0.15, 0.2) is 103 Å². The van der Waals surface area contributed by atoms with Crippen LogP contribution in [-0.4, -0.2) is 121 Å². The number of aliphatic hydroxyl groups excluding tert-OH is 4. The van der Waals surface area contributed by atoms with E-state index in [1.54, 1.807) is 0 Å². The Hall–Kier alpha value is -10.4. The highest BCUT2D eigenvalue weighted by Crippen LogP contribution is 2.67. The molecule has 432 valence electrons. The summed E-state index contributed by atoms with van der Waals surface area (Å²) in [5.41, 5.74) is -2.64. The average molecular weight is 1150 g/mol. The number of phenolic OH excluding ortho intramolecular Hbond substituents is 15. The Morgan fingerprint density at radius 3 is 1.24 bits per heavy atom. The molecule has 8 aromatic carbocycles. The maximum absolute atomic E-state index is 13.1. The molecule has 24 nitrogen and oxygen atoms in total. The molecule has 8 aromatic rings. The Bertz CT molecular complexity index is 4110. The van der Waals surface area contributed by atoms with Crippen LogP contribution in [0.1, 0.15) is 97.3 Å². The highest BCUT2D eigenvalue weighted by molar-refractivity contribution is 5.74. The molecule has 11 atom stereocenters. The minimum Gasteiger partial charge on any atom is -0.508 e. The Morgan fingerprint density at radius 1 is 0.333 bits per heavy atom. The van der Waals surface area contributed by atoms with Crippen LogP contribution in [0.3, 0.4) is 0 Å². The lowest BCUT2D eigenvalue weighted by atomic mass is 9.71. The van der Waals surface area contributed by atoms with Crippen molar-refractivity contribution < 1.29 is 121 Å². The Balaban J connectivity index is 1.09. The zero-order valence-electron chi connectivity index (χ0n) is 42.8. The number of aliphatic hydroxyl groups is 4. The van der Waals surface area contributed by atoms with Gasteiger partial charge in [-0.2, -0.15) is 0 Å². The highest BCUT2D eigenvalue weighted by atomic mass is 16.7. The molecule has 24 heteroatoms. The summed E-state index contributed by atoms with van der Waals surface area (Å²) in [6.07, 6.45) is -13.0. The molecule has 84 heavy (non-hydrogen) atoms. The molecule has 5 heterocycles. The van der Waals surface area contributed by atoms with Gasteiger partial charge >= 0.3 is 5.79 Å². The van der Waals surface area contributed by atoms with Crippen LogP contribution in [-0.2, 0) is 12.2 Å². The van der Waals surface area contributed by atoms with Gasteiger partial charge in [-0.3, -0.25) is 0 Å². The summed E-state index contributed by atoms with van der Waals surface area (Å²) < 4.78 is 32.7. The SMILES string of the molecule is Oc1cc(O)c2c(c1)O[C@]1(c3ccc(O)c(O)c3)Oc3cc(O)c4c(c3[C@H]2[C@H]1O)O[C@@H](c1ccc(O)c(O)c1)[C@@H](O)[C@@H]4c1c(O)cc(O)c2c1O[C@@H](c1ccc(O)c(O)c1)[C@@H](O)[C@@H]2c1c(O)cc(O)c2c1O[C@H](c1ccc(O)c(O)c1)[C@H](O)C2. The van der Waals surface area contributed by atoms with Crippen LogP contribution in [0.25, 0.3) is 0 Å². The van der Waals surface area contributed by atoms with Gasteiger partial charge in [-0.25, -0.2) is 0 Å². The van der Waals surface area contributed by atoms with Crippen molar-refractivity contribution in [1.82, 2.24) is 0 Å². The quantitative estimate of drug-likeness (QED) is 0.0889. The van der Waals surface area contributed by atoms with E-state index in [-0.39, 0.29) is 56.2 Å². The van der Waals surface area contributed by atoms with E-state index in [2.05, 4.69) is 0 Å². The number of aromatic hydroxyl groups is 15. The van der Waals surface area contributed by atoms with Crippen LogP contribution in [0.2, 0.25) is 0 Å². The Kier molecular flexibility index (Phi) is 11.7. The molecule has 5 aliphatic rings. The summed E-state index contributed by atoms with van der Waals surface area (Å²) in [4.78, 5) is 0. The third kappa shape index (κ3) is 7.68. The Morgan fingerprint density at radius 2 is 0.738 bits per heavy atom. The topological polar surface area (TPSA) is 431 Å². The maximum Gasteiger partial charge on any atom is 0.305 e. The van der Waals surface area contributed by atoms with Gasteiger partial charge in [-0.1, -0.05) is 18.2 Å². The van der Waals surface area contributed by atoms with Crippen molar-refractivity contribution in [2.24, 2.45) is 0 Å². The normalized spacial score (nSPS) is 25.1. The summed E-state index contributed by atoms with van der Waals surface area (Å²) in [5, 5.41) is 218. The minimum absolute atomic E-state index is 0.0872. The Labute approximate surface area is 471 Å². The van der Waals surface area contributed by atoms with Gasteiger partial charge in [0.1, 0.15) is 93.4 Å². The van der Waals surface area contributed by atoms with Gasteiger partial charge in [0.2, 0.25) is 0 Å². The molecule has 5 aliphatic heterocycles. The van der Waals surface area contributed by atoms with Crippen molar-refractivity contribution in [2.75, 3.05) is 0 Å². The summed E-state index contributed by atoms with van der Waals surface area (Å²) in [6, 6.07) is 18.2. The van der Waals surface area contributed by atoms with Gasteiger partial charge in [0, 0.05) is 81.3 Å². The van der Waals surface area contributed by atoms with E-state index in [1.807, 2.05) is 0 Å². The molecule has 0 saturated heterocycles. The lowest BCUT2D eigenvalue weighted by Gasteiger charge is -2.51. The molecule has 19 N–H and O–H groups in total. The fourth-order valence-corrected chi connectivity index (χ4v) is 12.6. The maximum atomic E-state index is 13.1. The molecule has 0 amide bonds. The van der Waals surface area contributed by atoms with E-state index in [9.17, 15) is 97.0 Å². The number of benzene rings is 8. The van der Waals surface area contributed by atoms with Crippen LogP contribution in [0.4, 0.5) is 0 Å². The second-order valence-electron chi connectivity index (χ2n) is 21.2. The van der Waals surface area contributed by atoms with Crippen LogP contribution in [0.5, 0.6) is 115 Å². The highest BCUT2D eigenvalue weighted by Gasteiger charge is 2.61. The zero-order valence-corrected chi connectivity index (χ0v) is 42.8. The van der Waals surface area contributed by atoms with Gasteiger partial charge in [-0.15, -0.1) is 0 Å². The molecule has 2 bridgehead atoms. The van der Waals surface area contributed by atoms with Crippen molar-refractivity contribution in [2.45, 2.75) is 72.7 Å². The van der Waals surface area contributed by atoms with Crippen molar-refractivity contribution in [1.29, 1.82) is 0 Å². The van der Waals surface area contributed by atoms with E-state index in [1.165, 1.54) is 24.3 Å². The molecule has 0 unspecified atom stereocenters. The summed E-state index contributed by atoms with van der Waals surface area (Å²) >= 11 is 0. The first-order valence-electron chi connectivity index (χ1n) is 25.8. The van der Waals surface area contributed by atoms with Crippen LogP contribution < -0.4 is 23.7 Å². The first-order chi connectivity index (χ1) is 40.0. The first kappa shape index (κ1) is 52.9. The van der Waals surface area contributed by atoms with E-state index >= 15 is 0 Å². The van der Waals surface area contributed by atoms with E-state index in [0.717, 1.165) is 78.9 Å². The van der Waals surface area contributed by atoms with Gasteiger partial charge in [0.25, 0.3) is 0 Å². The van der Waals surface area contributed by atoms with Crippen LogP contribution >= 0.6 is 0 Å². The fraction of sp³-hybridized carbons (Fsp3) is 0.200. The lowest BCUT2D eigenvalue weighted by Crippen LogP contribution is -2.57. The number of fused-ring (bicyclic) bond motifs is 10.